The van der Waals surface area contributed by atoms with E-state index in [1.54, 1.807) is 0 Å². The summed E-state index contributed by atoms with van der Waals surface area (Å²) in [5, 5.41) is 0. The van der Waals surface area contributed by atoms with E-state index in [2.05, 4.69) is 42.5 Å². The summed E-state index contributed by atoms with van der Waals surface area (Å²) >= 11 is -3.11. The van der Waals surface area contributed by atoms with Gasteiger partial charge in [0.2, 0.25) is 0 Å². The quantitative estimate of drug-likeness (QED) is 0.398. The molecule has 0 saturated carbocycles. The second kappa shape index (κ2) is 9.92. The molecule has 0 aliphatic heterocycles. The Labute approximate surface area is 119 Å². The monoisotopic (exact) mass is 249 g/mol. The third-order valence-electron chi connectivity index (χ3n) is 1.66. The molecule has 2 aliphatic rings. The summed E-state index contributed by atoms with van der Waals surface area (Å²) in [7, 11) is 0. The van der Waals surface area contributed by atoms with Crippen LogP contribution in [0.25, 0.3) is 11.1 Å². The second-order valence-electron chi connectivity index (χ2n) is 2.55. The molecule has 2 aliphatic carbocycles. The summed E-state index contributed by atoms with van der Waals surface area (Å²) in [5.74, 6) is 0. The topological polar surface area (TPSA) is 94.7 Å². The second-order valence-corrected chi connectivity index (χ2v) is 2.96. The fraction of sp³-hybridized carbons (Fsp3) is 0. The van der Waals surface area contributed by atoms with Gasteiger partial charge in [-0.2, -0.15) is 0 Å². The van der Waals surface area contributed by atoms with Crippen molar-refractivity contribution in [2.75, 3.05) is 0 Å². The van der Waals surface area contributed by atoms with E-state index in [1.807, 2.05) is 6.07 Å². The van der Waals surface area contributed by atoms with Crippen LogP contribution in [0.4, 0.5) is 0 Å². The van der Waals surface area contributed by atoms with Crippen LogP contribution in [-0.2, 0) is 11.4 Å². The van der Waals surface area contributed by atoms with Crippen molar-refractivity contribution in [3.8, 4) is 11.1 Å². The molecule has 0 spiro atoms. The van der Waals surface area contributed by atoms with Gasteiger partial charge in [0.15, 0.2) is 0 Å². The first-order valence-corrected chi connectivity index (χ1v) is 4.90. The van der Waals surface area contributed by atoms with Crippen LogP contribution in [-0.4, -0.2) is 18.8 Å². The zero-order valence-corrected chi connectivity index (χ0v) is 11.6. The van der Waals surface area contributed by atoms with Crippen molar-refractivity contribution in [2.24, 2.45) is 0 Å². The molecular formula is C10H10NaO4S-. The van der Waals surface area contributed by atoms with E-state index in [4.69, 9.17) is 13.3 Å². The molecule has 0 aromatic rings. The summed E-state index contributed by atoms with van der Waals surface area (Å²) in [6.07, 6.45) is 0. The third kappa shape index (κ3) is 7.08. The molecule has 0 radical (unpaired) electrons. The summed E-state index contributed by atoms with van der Waals surface area (Å²) < 4.78 is 25.3. The molecular weight excluding hydrogens is 239 g/mol. The van der Waals surface area contributed by atoms with Crippen LogP contribution in [0.15, 0.2) is 48.5 Å². The van der Waals surface area contributed by atoms with Crippen LogP contribution in [0.3, 0.4) is 0 Å². The first-order chi connectivity index (χ1) is 6.70. The number of hydrogen-bond acceptors (Lipinski definition) is 3. The van der Waals surface area contributed by atoms with Crippen molar-refractivity contribution in [1.82, 2.24) is 0 Å². The zero-order chi connectivity index (χ0) is 10.4. The Bertz CT molecular complexity index is 365. The van der Waals surface area contributed by atoms with Gasteiger partial charge in [-0.05, 0) is 11.1 Å². The summed E-state index contributed by atoms with van der Waals surface area (Å²) in [5.41, 5.74) is 2.62. The van der Waals surface area contributed by atoms with Gasteiger partial charge in [-0.25, -0.2) is 0 Å². The molecule has 2 rings (SSSR count). The largest absolute Gasteiger partial charge is 1.00 e. The molecule has 0 amide bonds. The van der Waals surface area contributed by atoms with Gasteiger partial charge >= 0.3 is 29.6 Å². The van der Waals surface area contributed by atoms with E-state index in [-0.39, 0.29) is 35.0 Å². The maximum atomic E-state index is 8.44. The Hall–Kier alpha value is -0.270. The minimum atomic E-state index is -3.11. The summed E-state index contributed by atoms with van der Waals surface area (Å²) in [6.45, 7) is 0. The van der Waals surface area contributed by atoms with Gasteiger partial charge in [-0.1, -0.05) is 48.5 Å². The van der Waals surface area contributed by atoms with Gasteiger partial charge in [-0.15, -0.1) is 11.4 Å². The average Bonchev–Trinajstić information content (AvgIpc) is 2.42. The normalized spacial score (nSPS) is 8.44. The molecule has 0 unspecified atom stereocenters. The molecule has 0 aromatic heterocycles. The van der Waals surface area contributed by atoms with Crippen molar-refractivity contribution in [1.29, 1.82) is 0 Å². The Balaban J connectivity index is 0. The molecule has 0 atom stereocenters. The van der Waals surface area contributed by atoms with E-state index in [9.17, 15) is 0 Å². The van der Waals surface area contributed by atoms with Crippen molar-refractivity contribution in [3.05, 3.63) is 48.5 Å². The number of rotatable bonds is 0. The van der Waals surface area contributed by atoms with E-state index in [0.717, 1.165) is 0 Å². The van der Waals surface area contributed by atoms with Crippen molar-refractivity contribution >= 4 is 11.4 Å². The molecule has 82 valence electrons. The molecule has 0 bridgehead atoms. The van der Waals surface area contributed by atoms with Crippen molar-refractivity contribution in [2.45, 2.75) is 0 Å². The van der Waals surface area contributed by atoms with Gasteiger partial charge in [0.05, 0.1) is 0 Å². The smallest absolute Gasteiger partial charge is 0.784 e. The number of fused-ring (bicyclic) bond motifs is 1. The zero-order valence-electron chi connectivity index (χ0n) is 8.75. The summed E-state index contributed by atoms with van der Waals surface area (Å²) in [4.78, 5) is 0. The van der Waals surface area contributed by atoms with E-state index in [1.165, 1.54) is 11.1 Å². The Morgan fingerprint density at radius 3 is 1.50 bits per heavy atom. The van der Waals surface area contributed by atoms with Gasteiger partial charge in [0.25, 0.3) is 0 Å². The fourth-order valence-electron chi connectivity index (χ4n) is 1.13. The van der Waals surface area contributed by atoms with Crippen molar-refractivity contribution < 1.29 is 48.3 Å². The maximum absolute atomic E-state index is 8.44. The van der Waals surface area contributed by atoms with E-state index >= 15 is 0 Å². The van der Waals surface area contributed by atoms with E-state index in [0.29, 0.717) is 0 Å². The van der Waals surface area contributed by atoms with Crippen LogP contribution in [0.5, 0.6) is 0 Å². The third-order valence-corrected chi connectivity index (χ3v) is 1.66. The maximum Gasteiger partial charge on any atom is 1.00 e. The van der Waals surface area contributed by atoms with Crippen LogP contribution < -0.4 is 29.6 Å². The predicted octanol–water partition coefficient (Wildman–Crippen LogP) is -2.03. The molecule has 0 fully saturated rings. The first kappa shape index (κ1) is 18.1. The Kier molecular flexibility index (Phi) is 11.2. The molecule has 0 saturated heterocycles. The average molecular weight is 249 g/mol. The Morgan fingerprint density at radius 2 is 1.12 bits per heavy atom. The SMILES string of the molecule is O.O=S([O-])[O-].[Na+].c1ccc2cccc-2cc1. The minimum Gasteiger partial charge on any atom is -0.784 e. The molecule has 6 heteroatoms. The molecule has 0 heterocycles. The van der Waals surface area contributed by atoms with Crippen LogP contribution in [0.2, 0.25) is 0 Å². The molecule has 16 heavy (non-hydrogen) atoms. The standard InChI is InChI=1S/C10H8.Na.H2O3S.H2O/c1-2-5-9-7-4-8-10(9)6-3-1;;1-4(2)3;/h1-8H;;(H2,1,2,3);1H2/q;+1;;/p-2. The van der Waals surface area contributed by atoms with Crippen LogP contribution >= 0.6 is 0 Å². The van der Waals surface area contributed by atoms with Crippen molar-refractivity contribution in [3.63, 3.8) is 0 Å². The van der Waals surface area contributed by atoms with Gasteiger partial charge in [0.1, 0.15) is 0 Å². The fourth-order valence-corrected chi connectivity index (χ4v) is 1.13. The molecule has 0 aromatic carbocycles. The summed E-state index contributed by atoms with van der Waals surface area (Å²) in [6, 6.07) is 16.7. The van der Waals surface area contributed by atoms with Gasteiger partial charge < -0.3 is 14.6 Å². The van der Waals surface area contributed by atoms with Gasteiger partial charge in [0, 0.05) is 0 Å². The minimum absolute atomic E-state index is 0. The first-order valence-electron chi connectivity index (χ1n) is 3.90. The Morgan fingerprint density at radius 1 is 0.812 bits per heavy atom. The van der Waals surface area contributed by atoms with E-state index < -0.39 is 11.4 Å². The van der Waals surface area contributed by atoms with Crippen LogP contribution in [0.1, 0.15) is 0 Å². The van der Waals surface area contributed by atoms with Gasteiger partial charge in [-0.3, -0.25) is 4.21 Å². The predicted molar refractivity (Wildman–Crippen MR) is 56.4 cm³/mol. The molecule has 4 nitrogen and oxygen atoms in total. The number of hydrogen-bond donors (Lipinski definition) is 0. The molecule has 2 N–H and O–H groups in total. The van der Waals surface area contributed by atoms with Crippen LogP contribution in [0, 0.1) is 0 Å².